The van der Waals surface area contributed by atoms with Gasteiger partial charge >= 0.3 is 0 Å². The first-order valence-electron chi connectivity index (χ1n) is 6.04. The van der Waals surface area contributed by atoms with Crippen LogP contribution in [0.4, 0.5) is 0 Å². The quantitative estimate of drug-likeness (QED) is 0.859. The highest BCUT2D eigenvalue weighted by atomic mass is 16.5. The number of aromatic nitrogens is 1. The molecule has 0 aliphatic rings. The average Bonchev–Trinajstić information content (AvgIpc) is 2.85. The van der Waals surface area contributed by atoms with Crippen LogP contribution >= 0.6 is 0 Å². The number of aryl methyl sites for hydroxylation is 2. The van der Waals surface area contributed by atoms with E-state index < -0.39 is 0 Å². The van der Waals surface area contributed by atoms with Crippen molar-refractivity contribution in [1.29, 1.82) is 0 Å². The minimum Gasteiger partial charge on any atom is -0.359 e. The fraction of sp³-hybridized carbons (Fsp3) is 0.357. The summed E-state index contributed by atoms with van der Waals surface area (Å²) >= 11 is 0. The summed E-state index contributed by atoms with van der Waals surface area (Å²) < 4.78 is 5.23. The molecule has 90 valence electrons. The molecule has 0 bridgehead atoms. The Hall–Kier alpha value is -1.61. The lowest BCUT2D eigenvalue weighted by molar-refractivity contribution is 0.354. The lowest BCUT2D eigenvalue weighted by Crippen LogP contribution is -2.06. The molecule has 0 radical (unpaired) electrons. The Kier molecular flexibility index (Phi) is 3.94. The van der Waals surface area contributed by atoms with Crippen LogP contribution in [0.25, 0.3) is 0 Å². The van der Waals surface area contributed by atoms with E-state index in [1.54, 1.807) is 0 Å². The second-order valence-electron chi connectivity index (χ2n) is 4.22. The predicted molar refractivity (Wildman–Crippen MR) is 67.6 cm³/mol. The molecule has 0 amide bonds. The topological polar surface area (TPSA) is 52.0 Å². The minimum atomic E-state index is -0.0343. The van der Waals surface area contributed by atoms with Crippen LogP contribution in [-0.4, -0.2) is 5.16 Å². The smallest absolute Gasteiger partial charge is 0.153 e. The first kappa shape index (κ1) is 11.9. The molecular formula is C14H18N2O. The number of rotatable bonds is 5. The van der Waals surface area contributed by atoms with Crippen LogP contribution < -0.4 is 5.73 Å². The number of nitrogens with zero attached hydrogens (tertiary/aromatic N) is 1. The van der Waals surface area contributed by atoms with Gasteiger partial charge in [-0.25, -0.2) is 0 Å². The third-order valence-corrected chi connectivity index (χ3v) is 2.90. The van der Waals surface area contributed by atoms with E-state index in [9.17, 15) is 0 Å². The monoisotopic (exact) mass is 230 g/mol. The maximum absolute atomic E-state index is 5.88. The highest BCUT2D eigenvalue weighted by molar-refractivity contribution is 5.17. The molecule has 0 saturated carbocycles. The van der Waals surface area contributed by atoms with E-state index in [2.05, 4.69) is 29.4 Å². The molecule has 1 aromatic carbocycles. The van der Waals surface area contributed by atoms with Crippen LogP contribution in [0.2, 0.25) is 0 Å². The Morgan fingerprint density at radius 1 is 1.24 bits per heavy atom. The molecule has 1 atom stereocenters. The molecule has 2 N–H and O–H groups in total. The van der Waals surface area contributed by atoms with Crippen molar-refractivity contribution < 1.29 is 4.52 Å². The van der Waals surface area contributed by atoms with E-state index in [1.165, 1.54) is 5.56 Å². The van der Waals surface area contributed by atoms with Gasteiger partial charge in [0.15, 0.2) is 5.76 Å². The summed E-state index contributed by atoms with van der Waals surface area (Å²) in [7, 11) is 0. The molecule has 3 heteroatoms. The van der Waals surface area contributed by atoms with E-state index in [0.29, 0.717) is 0 Å². The molecule has 0 aliphatic heterocycles. The van der Waals surface area contributed by atoms with Crippen molar-refractivity contribution in [1.82, 2.24) is 5.16 Å². The Balaban J connectivity index is 1.94. The van der Waals surface area contributed by atoms with Crippen LogP contribution in [0.15, 0.2) is 40.9 Å². The van der Waals surface area contributed by atoms with Gasteiger partial charge in [-0.05, 0) is 24.8 Å². The molecule has 17 heavy (non-hydrogen) atoms. The molecule has 0 saturated heterocycles. The van der Waals surface area contributed by atoms with Crippen LogP contribution in [0.5, 0.6) is 0 Å². The molecule has 3 nitrogen and oxygen atoms in total. The van der Waals surface area contributed by atoms with Gasteiger partial charge in [0.05, 0.1) is 11.7 Å². The maximum Gasteiger partial charge on any atom is 0.153 e. The van der Waals surface area contributed by atoms with E-state index in [-0.39, 0.29) is 6.04 Å². The lowest BCUT2D eigenvalue weighted by Gasteiger charge is -2.00. The van der Waals surface area contributed by atoms with Gasteiger partial charge in [0, 0.05) is 6.07 Å². The normalized spacial score (nSPS) is 12.6. The summed E-state index contributed by atoms with van der Waals surface area (Å²) in [6, 6.07) is 12.3. The zero-order valence-corrected chi connectivity index (χ0v) is 10.1. The zero-order valence-electron chi connectivity index (χ0n) is 10.1. The van der Waals surface area contributed by atoms with Crippen LogP contribution in [0, 0.1) is 0 Å². The van der Waals surface area contributed by atoms with Crippen molar-refractivity contribution in [2.45, 2.75) is 32.2 Å². The van der Waals surface area contributed by atoms with E-state index in [0.717, 1.165) is 30.7 Å². The maximum atomic E-state index is 5.88. The second kappa shape index (κ2) is 5.64. The van der Waals surface area contributed by atoms with E-state index in [4.69, 9.17) is 10.3 Å². The molecular weight excluding hydrogens is 212 g/mol. The van der Waals surface area contributed by atoms with Gasteiger partial charge in [-0.3, -0.25) is 0 Å². The zero-order chi connectivity index (χ0) is 12.1. The number of benzene rings is 1. The summed E-state index contributed by atoms with van der Waals surface area (Å²) in [4.78, 5) is 0. The van der Waals surface area contributed by atoms with Gasteiger partial charge < -0.3 is 10.3 Å². The molecule has 1 heterocycles. The average molecular weight is 230 g/mol. The van der Waals surface area contributed by atoms with Crippen molar-refractivity contribution in [3.05, 3.63) is 53.4 Å². The Bertz CT molecular complexity index is 450. The molecule has 2 rings (SSSR count). The van der Waals surface area contributed by atoms with Crippen molar-refractivity contribution in [2.75, 3.05) is 0 Å². The first-order chi connectivity index (χ1) is 8.29. The van der Waals surface area contributed by atoms with Crippen molar-refractivity contribution in [2.24, 2.45) is 5.73 Å². The van der Waals surface area contributed by atoms with Gasteiger partial charge in [-0.15, -0.1) is 0 Å². The summed E-state index contributed by atoms with van der Waals surface area (Å²) in [5.41, 5.74) is 8.18. The largest absolute Gasteiger partial charge is 0.359 e. The minimum absolute atomic E-state index is 0.0343. The first-order valence-corrected chi connectivity index (χ1v) is 6.04. The molecule has 0 aliphatic carbocycles. The van der Waals surface area contributed by atoms with Gasteiger partial charge in [0.2, 0.25) is 0 Å². The number of hydrogen-bond donors (Lipinski definition) is 1. The SMILES string of the molecule is CCC(N)c1cc(CCc2ccccc2)no1. The molecule has 2 aromatic rings. The van der Waals surface area contributed by atoms with Gasteiger partial charge in [-0.1, -0.05) is 42.4 Å². The highest BCUT2D eigenvalue weighted by Crippen LogP contribution is 2.15. The Morgan fingerprint density at radius 3 is 2.71 bits per heavy atom. The molecule has 1 unspecified atom stereocenters. The van der Waals surface area contributed by atoms with Gasteiger partial charge in [0.1, 0.15) is 0 Å². The summed E-state index contributed by atoms with van der Waals surface area (Å²) in [5.74, 6) is 0.788. The second-order valence-corrected chi connectivity index (χ2v) is 4.22. The highest BCUT2D eigenvalue weighted by Gasteiger charge is 2.10. The third kappa shape index (κ3) is 3.17. The van der Waals surface area contributed by atoms with E-state index >= 15 is 0 Å². The fourth-order valence-electron chi connectivity index (χ4n) is 1.74. The van der Waals surface area contributed by atoms with Crippen molar-refractivity contribution >= 4 is 0 Å². The summed E-state index contributed by atoms with van der Waals surface area (Å²) in [5, 5.41) is 4.05. The summed E-state index contributed by atoms with van der Waals surface area (Å²) in [6.45, 7) is 2.04. The van der Waals surface area contributed by atoms with Crippen molar-refractivity contribution in [3.63, 3.8) is 0 Å². The predicted octanol–water partition coefficient (Wildman–Crippen LogP) is 2.87. The number of hydrogen-bond acceptors (Lipinski definition) is 3. The lowest BCUT2D eigenvalue weighted by atomic mass is 10.1. The van der Waals surface area contributed by atoms with Crippen LogP contribution in [-0.2, 0) is 12.8 Å². The Labute approximate surface area is 102 Å². The fourth-order valence-corrected chi connectivity index (χ4v) is 1.74. The molecule has 0 fully saturated rings. The Morgan fingerprint density at radius 2 is 2.00 bits per heavy atom. The van der Waals surface area contributed by atoms with Gasteiger partial charge in [-0.2, -0.15) is 0 Å². The standard InChI is InChI=1S/C14H18N2O/c1-2-13(15)14-10-12(16-17-14)9-8-11-6-4-3-5-7-11/h3-7,10,13H,2,8-9,15H2,1H3. The van der Waals surface area contributed by atoms with E-state index in [1.807, 2.05) is 19.1 Å². The van der Waals surface area contributed by atoms with Crippen LogP contribution in [0.1, 0.15) is 36.4 Å². The van der Waals surface area contributed by atoms with Gasteiger partial charge in [0.25, 0.3) is 0 Å². The molecule has 0 spiro atoms. The van der Waals surface area contributed by atoms with Crippen molar-refractivity contribution in [3.8, 4) is 0 Å². The molecule has 1 aromatic heterocycles. The summed E-state index contributed by atoms with van der Waals surface area (Å²) in [6.07, 6.45) is 2.74. The number of nitrogens with two attached hydrogens (primary N) is 1. The third-order valence-electron chi connectivity index (χ3n) is 2.90. The van der Waals surface area contributed by atoms with Crippen LogP contribution in [0.3, 0.4) is 0 Å².